The molecule has 1 nitrogen and oxygen atoms in total. The Morgan fingerprint density at radius 2 is 1.12 bits per heavy atom. The Hall–Kier alpha value is -0.850. The van der Waals surface area contributed by atoms with Gasteiger partial charge >= 0.3 is 0 Å². The van der Waals surface area contributed by atoms with Crippen molar-refractivity contribution >= 4 is 0 Å². The fourth-order valence-electron chi connectivity index (χ4n) is 3.75. The summed E-state index contributed by atoms with van der Waals surface area (Å²) in [5.74, 6) is 0. The van der Waals surface area contributed by atoms with E-state index in [1.807, 2.05) is 0 Å². The van der Waals surface area contributed by atoms with E-state index in [9.17, 15) is 0 Å². The van der Waals surface area contributed by atoms with Gasteiger partial charge in [-0.3, -0.25) is 0 Å². The summed E-state index contributed by atoms with van der Waals surface area (Å²) in [7, 11) is 0. The number of pyridine rings is 1. The molecule has 0 radical (unpaired) electrons. The highest BCUT2D eigenvalue weighted by molar-refractivity contribution is 5.05. The van der Waals surface area contributed by atoms with Crippen LogP contribution >= 0.6 is 0 Å². The molecular formula is C25H46N+. The molecular weight excluding hydrogens is 314 g/mol. The summed E-state index contributed by atoms with van der Waals surface area (Å²) in [5, 5.41) is 0. The SMILES string of the molecule is CCCCCCCCCCCCCc1ccc[n+](CCCCCCC)c1. The molecule has 0 amide bonds. The summed E-state index contributed by atoms with van der Waals surface area (Å²) in [6.07, 6.45) is 28.4. The largest absolute Gasteiger partial charge is 0.205 e. The third-order valence-electron chi connectivity index (χ3n) is 5.51. The minimum Gasteiger partial charge on any atom is -0.205 e. The minimum atomic E-state index is 1.19. The summed E-state index contributed by atoms with van der Waals surface area (Å²) in [6.45, 7) is 5.77. The van der Waals surface area contributed by atoms with Crippen molar-refractivity contribution in [2.75, 3.05) is 0 Å². The second kappa shape index (κ2) is 17.6. The summed E-state index contributed by atoms with van der Waals surface area (Å²) < 4.78 is 2.40. The molecule has 150 valence electrons. The van der Waals surface area contributed by atoms with Crippen LogP contribution in [0.4, 0.5) is 0 Å². The van der Waals surface area contributed by atoms with Crippen molar-refractivity contribution in [3.8, 4) is 0 Å². The Bertz CT molecular complexity index is 412. The van der Waals surface area contributed by atoms with Crippen LogP contribution in [0.15, 0.2) is 24.5 Å². The Morgan fingerprint density at radius 1 is 0.615 bits per heavy atom. The molecule has 0 fully saturated rings. The molecule has 0 aliphatic rings. The van der Waals surface area contributed by atoms with Crippen molar-refractivity contribution in [3.63, 3.8) is 0 Å². The Balaban J connectivity index is 1.99. The molecule has 0 aliphatic heterocycles. The van der Waals surface area contributed by atoms with Gasteiger partial charge in [0.1, 0.15) is 6.54 Å². The summed E-state index contributed by atoms with van der Waals surface area (Å²) in [4.78, 5) is 0. The second-order valence-corrected chi connectivity index (χ2v) is 8.15. The highest BCUT2D eigenvalue weighted by atomic mass is 14.9. The van der Waals surface area contributed by atoms with Crippen LogP contribution in [0.1, 0.15) is 122 Å². The first kappa shape index (κ1) is 23.2. The van der Waals surface area contributed by atoms with Crippen LogP contribution in [-0.2, 0) is 13.0 Å². The van der Waals surface area contributed by atoms with Crippen molar-refractivity contribution in [2.24, 2.45) is 0 Å². The highest BCUT2D eigenvalue weighted by Gasteiger charge is 2.03. The van der Waals surface area contributed by atoms with Crippen LogP contribution in [0, 0.1) is 0 Å². The maximum Gasteiger partial charge on any atom is 0.171 e. The number of unbranched alkanes of at least 4 members (excludes halogenated alkanes) is 14. The number of nitrogens with zero attached hydrogens (tertiary/aromatic N) is 1. The van der Waals surface area contributed by atoms with Crippen molar-refractivity contribution in [3.05, 3.63) is 30.1 Å². The van der Waals surface area contributed by atoms with Crippen LogP contribution in [-0.4, -0.2) is 0 Å². The molecule has 0 saturated carbocycles. The second-order valence-electron chi connectivity index (χ2n) is 8.15. The first-order valence-corrected chi connectivity index (χ1v) is 11.8. The lowest BCUT2D eigenvalue weighted by molar-refractivity contribution is -0.697. The molecule has 1 aromatic heterocycles. The van der Waals surface area contributed by atoms with Crippen LogP contribution < -0.4 is 4.57 Å². The molecule has 0 atom stereocenters. The lowest BCUT2D eigenvalue weighted by Gasteiger charge is -2.03. The van der Waals surface area contributed by atoms with E-state index in [0.29, 0.717) is 0 Å². The predicted molar refractivity (Wildman–Crippen MR) is 116 cm³/mol. The van der Waals surface area contributed by atoms with Crippen molar-refractivity contribution < 1.29 is 4.57 Å². The van der Waals surface area contributed by atoms with Crippen molar-refractivity contribution in [1.29, 1.82) is 0 Å². The molecule has 0 unspecified atom stereocenters. The molecule has 0 bridgehead atoms. The van der Waals surface area contributed by atoms with Gasteiger partial charge in [-0.15, -0.1) is 0 Å². The molecule has 0 saturated heterocycles. The van der Waals surface area contributed by atoms with Gasteiger partial charge < -0.3 is 0 Å². The van der Waals surface area contributed by atoms with E-state index < -0.39 is 0 Å². The van der Waals surface area contributed by atoms with Crippen LogP contribution in [0.5, 0.6) is 0 Å². The third kappa shape index (κ3) is 13.4. The molecule has 26 heavy (non-hydrogen) atoms. The fourth-order valence-corrected chi connectivity index (χ4v) is 3.75. The van der Waals surface area contributed by atoms with Gasteiger partial charge in [-0.05, 0) is 25.3 Å². The smallest absolute Gasteiger partial charge is 0.171 e. The summed E-state index contributed by atoms with van der Waals surface area (Å²) >= 11 is 0. The van der Waals surface area contributed by atoms with E-state index in [4.69, 9.17) is 0 Å². The van der Waals surface area contributed by atoms with Gasteiger partial charge in [0.25, 0.3) is 0 Å². The molecule has 0 spiro atoms. The standard InChI is InChI=1S/C25H46N/c1-3-5-7-9-10-11-12-13-14-15-17-20-25-21-19-23-26(24-25)22-18-16-8-6-4-2/h19,21,23-24H,3-18,20,22H2,1-2H3/q+1. The number of rotatable bonds is 18. The molecule has 1 rings (SSSR count). The zero-order valence-electron chi connectivity index (χ0n) is 18.0. The predicted octanol–water partition coefficient (Wildman–Crippen LogP) is 7.80. The van der Waals surface area contributed by atoms with Crippen LogP contribution in [0.2, 0.25) is 0 Å². The van der Waals surface area contributed by atoms with Gasteiger partial charge in [-0.1, -0.05) is 97.3 Å². The third-order valence-corrected chi connectivity index (χ3v) is 5.51. The zero-order valence-corrected chi connectivity index (χ0v) is 18.0. The molecule has 1 heterocycles. The molecule has 0 aromatic carbocycles. The van der Waals surface area contributed by atoms with Gasteiger partial charge in [0, 0.05) is 18.1 Å². The number of hydrogen-bond donors (Lipinski definition) is 0. The summed E-state index contributed by atoms with van der Waals surface area (Å²) in [6, 6.07) is 4.55. The first-order chi connectivity index (χ1) is 12.9. The quantitative estimate of drug-likeness (QED) is 0.186. The molecule has 0 N–H and O–H groups in total. The highest BCUT2D eigenvalue weighted by Crippen LogP contribution is 2.12. The lowest BCUT2D eigenvalue weighted by Crippen LogP contribution is -2.33. The van der Waals surface area contributed by atoms with Gasteiger partial charge in [-0.25, -0.2) is 4.57 Å². The van der Waals surface area contributed by atoms with Gasteiger partial charge in [0.2, 0.25) is 0 Å². The zero-order chi connectivity index (χ0) is 18.7. The number of hydrogen-bond acceptors (Lipinski definition) is 0. The Labute approximate surface area is 164 Å². The number of aryl methyl sites for hydroxylation is 2. The maximum atomic E-state index is 2.40. The van der Waals surface area contributed by atoms with E-state index in [0.717, 1.165) is 0 Å². The molecule has 1 aromatic rings. The first-order valence-electron chi connectivity index (χ1n) is 11.8. The lowest BCUT2D eigenvalue weighted by atomic mass is 10.0. The molecule has 1 heteroatoms. The van der Waals surface area contributed by atoms with Crippen molar-refractivity contribution in [1.82, 2.24) is 0 Å². The maximum absolute atomic E-state index is 2.40. The van der Waals surface area contributed by atoms with E-state index in [1.54, 1.807) is 0 Å². The normalized spacial score (nSPS) is 11.2. The van der Waals surface area contributed by atoms with Gasteiger partial charge in [0.05, 0.1) is 0 Å². The van der Waals surface area contributed by atoms with Crippen molar-refractivity contribution in [2.45, 2.75) is 130 Å². The monoisotopic (exact) mass is 360 g/mol. The van der Waals surface area contributed by atoms with Crippen LogP contribution in [0.3, 0.4) is 0 Å². The fraction of sp³-hybridized carbons (Fsp3) is 0.800. The van der Waals surface area contributed by atoms with Gasteiger partial charge in [-0.2, -0.15) is 0 Å². The van der Waals surface area contributed by atoms with E-state index in [2.05, 4.69) is 42.9 Å². The van der Waals surface area contributed by atoms with E-state index in [1.165, 1.54) is 121 Å². The average molecular weight is 361 g/mol. The average Bonchev–Trinajstić information content (AvgIpc) is 2.66. The molecule has 0 aliphatic carbocycles. The Kier molecular flexibility index (Phi) is 15.7. The van der Waals surface area contributed by atoms with Crippen LogP contribution in [0.25, 0.3) is 0 Å². The Morgan fingerprint density at radius 3 is 1.69 bits per heavy atom. The topological polar surface area (TPSA) is 3.88 Å². The van der Waals surface area contributed by atoms with E-state index in [-0.39, 0.29) is 0 Å². The number of aromatic nitrogens is 1. The van der Waals surface area contributed by atoms with Gasteiger partial charge in [0.15, 0.2) is 12.4 Å². The minimum absolute atomic E-state index is 1.19. The van der Waals surface area contributed by atoms with E-state index >= 15 is 0 Å². The summed E-state index contributed by atoms with van der Waals surface area (Å²) in [5.41, 5.74) is 1.52.